The lowest BCUT2D eigenvalue weighted by atomic mass is 9.84. The molecule has 3 N–H and O–H groups in total. The Labute approximate surface area is 311 Å². The van der Waals surface area contributed by atoms with E-state index in [0.29, 0.717) is 25.2 Å². The van der Waals surface area contributed by atoms with Crippen molar-refractivity contribution in [3.05, 3.63) is 47.5 Å². The predicted molar refractivity (Wildman–Crippen MR) is 209 cm³/mol. The molecule has 5 atom stereocenters. The van der Waals surface area contributed by atoms with Gasteiger partial charge in [-0.1, -0.05) is 78.0 Å². The van der Waals surface area contributed by atoms with Crippen molar-refractivity contribution in [1.82, 2.24) is 0 Å². The van der Waals surface area contributed by atoms with Crippen LogP contribution in [0.1, 0.15) is 97.6 Å². The Morgan fingerprint density at radius 2 is 1.47 bits per heavy atom. The SMILES string of the molecule is CC(C)(C)[Si](C)(C)O[C@H]1C[C@H](F)[C@H](CC[C@@H](O[Si](C)(C)C(C)(C)C)C2Cc3ccccc3C2)[C@H]1C/C=C\CCCC(=O)OCC(CO)(CO)CO. The second kappa shape index (κ2) is 18.3. The Balaban J connectivity index is 1.72. The summed E-state index contributed by atoms with van der Waals surface area (Å²) < 4.78 is 35.7. The first kappa shape index (κ1) is 44.0. The molecule has 10 heteroatoms. The molecule has 1 aromatic rings. The number of aliphatic hydroxyl groups is 3. The molecule has 0 saturated heterocycles. The van der Waals surface area contributed by atoms with Crippen molar-refractivity contribution >= 4 is 22.6 Å². The van der Waals surface area contributed by atoms with Crippen molar-refractivity contribution in [2.45, 2.75) is 154 Å². The molecule has 0 radical (unpaired) electrons. The van der Waals surface area contributed by atoms with Crippen molar-refractivity contribution < 1.29 is 38.1 Å². The van der Waals surface area contributed by atoms with E-state index in [-0.39, 0.29) is 47.1 Å². The number of carbonyl (C=O) groups is 1. The Morgan fingerprint density at radius 1 is 0.902 bits per heavy atom. The normalized spacial score (nSPS) is 22.9. The van der Waals surface area contributed by atoms with E-state index >= 15 is 4.39 Å². The average molecular weight is 751 g/mol. The van der Waals surface area contributed by atoms with Gasteiger partial charge >= 0.3 is 5.97 Å². The fraction of sp³-hybridized carbons (Fsp3) is 0.780. The largest absolute Gasteiger partial charge is 0.465 e. The van der Waals surface area contributed by atoms with Gasteiger partial charge in [0.2, 0.25) is 0 Å². The van der Waals surface area contributed by atoms with Crippen LogP contribution in [0, 0.1) is 23.2 Å². The summed E-state index contributed by atoms with van der Waals surface area (Å²) in [5.41, 5.74) is 1.61. The van der Waals surface area contributed by atoms with Crippen molar-refractivity contribution in [2.75, 3.05) is 26.4 Å². The first-order chi connectivity index (χ1) is 23.7. The molecular formula is C41H71FO7Si2. The number of alkyl halides is 1. The highest BCUT2D eigenvalue weighted by Crippen LogP contribution is 2.47. The molecule has 2 aliphatic rings. The number of allylic oxidation sites excluding steroid dienone is 2. The standard InChI is InChI=1S/C41H71FO7Si2/c1-39(2,3)50(7,8)48-36(32-23-30-17-15-16-18-31(30)24-32)22-21-33-34(37(25-35(33)42)49-51(9,10)40(4,5)6)19-13-11-12-14-20-38(46)47-29-41(26-43,27-44)28-45/h11,13,15-18,32-37,43-45H,12,14,19-29H2,1-10H3/b13-11-/t33-,34-,35+,36-,37+/m1/s1. The zero-order valence-corrected chi connectivity index (χ0v) is 35.5. The lowest BCUT2D eigenvalue weighted by molar-refractivity contribution is -0.151. The number of halogens is 1. The second-order valence-corrected chi connectivity index (χ2v) is 28.2. The summed E-state index contributed by atoms with van der Waals surface area (Å²) in [5, 5.41) is 28.5. The number of aliphatic hydroxyl groups excluding tert-OH is 3. The second-order valence-electron chi connectivity index (χ2n) is 18.7. The molecular weight excluding hydrogens is 680 g/mol. The van der Waals surface area contributed by atoms with Crippen LogP contribution in [-0.2, 0) is 31.2 Å². The number of esters is 1. The van der Waals surface area contributed by atoms with Gasteiger partial charge in [-0.05, 0) is 110 Å². The monoisotopic (exact) mass is 750 g/mol. The van der Waals surface area contributed by atoms with Gasteiger partial charge in [0.05, 0.1) is 31.3 Å². The van der Waals surface area contributed by atoms with Crippen LogP contribution in [0.15, 0.2) is 36.4 Å². The van der Waals surface area contributed by atoms with E-state index in [1.54, 1.807) is 0 Å². The van der Waals surface area contributed by atoms with Crippen LogP contribution in [0.3, 0.4) is 0 Å². The van der Waals surface area contributed by atoms with Crippen LogP contribution < -0.4 is 0 Å². The van der Waals surface area contributed by atoms with Crippen LogP contribution in [0.2, 0.25) is 36.3 Å². The van der Waals surface area contributed by atoms with Crippen molar-refractivity contribution in [3.63, 3.8) is 0 Å². The minimum atomic E-state index is -2.14. The summed E-state index contributed by atoms with van der Waals surface area (Å²) in [5.74, 6) is -0.0821. The summed E-state index contributed by atoms with van der Waals surface area (Å²) in [7, 11) is -4.21. The third-order valence-electron chi connectivity index (χ3n) is 12.7. The minimum Gasteiger partial charge on any atom is -0.465 e. The van der Waals surface area contributed by atoms with Gasteiger partial charge in [0, 0.05) is 18.9 Å². The molecule has 3 rings (SSSR count). The highest BCUT2D eigenvalue weighted by molar-refractivity contribution is 6.74. The van der Waals surface area contributed by atoms with Crippen molar-refractivity contribution in [1.29, 1.82) is 0 Å². The van der Waals surface area contributed by atoms with Gasteiger partial charge in [0.1, 0.15) is 12.8 Å². The van der Waals surface area contributed by atoms with E-state index in [9.17, 15) is 20.1 Å². The Bertz CT molecular complexity index is 1230. The zero-order valence-electron chi connectivity index (χ0n) is 33.5. The minimum absolute atomic E-state index is 0.0245. The average Bonchev–Trinajstić information content (AvgIpc) is 3.60. The summed E-state index contributed by atoms with van der Waals surface area (Å²) in [6.07, 6.45) is 9.51. The molecule has 0 spiro atoms. The van der Waals surface area contributed by atoms with E-state index in [2.05, 4.69) is 104 Å². The highest BCUT2D eigenvalue weighted by atomic mass is 28.4. The van der Waals surface area contributed by atoms with Gasteiger partial charge in [-0.3, -0.25) is 4.79 Å². The lowest BCUT2D eigenvalue weighted by Gasteiger charge is -2.42. The first-order valence-electron chi connectivity index (χ1n) is 19.4. The van der Waals surface area contributed by atoms with Crippen LogP contribution in [0.5, 0.6) is 0 Å². The van der Waals surface area contributed by atoms with E-state index in [1.165, 1.54) is 11.1 Å². The molecule has 7 nitrogen and oxygen atoms in total. The number of rotatable bonds is 19. The number of unbranched alkanes of at least 4 members (excludes halogenated alkanes) is 1. The number of fused-ring (bicyclic) bond motifs is 1. The maximum Gasteiger partial charge on any atom is 0.305 e. The summed E-state index contributed by atoms with van der Waals surface area (Å²) in [4.78, 5) is 12.3. The molecule has 1 saturated carbocycles. The molecule has 0 heterocycles. The molecule has 2 aliphatic carbocycles. The molecule has 0 bridgehead atoms. The Morgan fingerprint density at radius 3 is 2.00 bits per heavy atom. The van der Waals surface area contributed by atoms with E-state index in [4.69, 9.17) is 13.6 Å². The Kier molecular flexibility index (Phi) is 15.8. The first-order valence-corrected chi connectivity index (χ1v) is 25.2. The number of hydrogen-bond acceptors (Lipinski definition) is 7. The van der Waals surface area contributed by atoms with E-state index < -0.39 is 54.0 Å². The van der Waals surface area contributed by atoms with Gasteiger partial charge < -0.3 is 28.9 Å². The number of benzene rings is 1. The van der Waals surface area contributed by atoms with Crippen LogP contribution in [0.25, 0.3) is 0 Å². The molecule has 0 unspecified atom stereocenters. The molecule has 51 heavy (non-hydrogen) atoms. The van der Waals surface area contributed by atoms with Gasteiger partial charge in [-0.15, -0.1) is 0 Å². The highest BCUT2D eigenvalue weighted by Gasteiger charge is 2.49. The summed E-state index contributed by atoms with van der Waals surface area (Å²) in [6, 6.07) is 8.75. The molecule has 0 aliphatic heterocycles. The maximum atomic E-state index is 16.3. The maximum absolute atomic E-state index is 16.3. The molecule has 0 aromatic heterocycles. The van der Waals surface area contributed by atoms with Gasteiger partial charge in [-0.25, -0.2) is 4.39 Å². The topological polar surface area (TPSA) is 105 Å². The fourth-order valence-corrected chi connectivity index (χ4v) is 9.82. The predicted octanol–water partition coefficient (Wildman–Crippen LogP) is 8.56. The fourth-order valence-electron chi connectivity index (χ4n) is 7.01. The van der Waals surface area contributed by atoms with Gasteiger partial charge in [0.15, 0.2) is 16.6 Å². The smallest absolute Gasteiger partial charge is 0.305 e. The molecule has 0 amide bonds. The third-order valence-corrected chi connectivity index (χ3v) is 21.7. The van der Waals surface area contributed by atoms with Crippen LogP contribution in [0.4, 0.5) is 4.39 Å². The number of ether oxygens (including phenoxy) is 1. The molecule has 1 aromatic carbocycles. The van der Waals surface area contributed by atoms with Crippen LogP contribution >= 0.6 is 0 Å². The van der Waals surface area contributed by atoms with Gasteiger partial charge in [-0.2, -0.15) is 0 Å². The number of hydrogen-bond donors (Lipinski definition) is 3. The quantitative estimate of drug-likeness (QED) is 0.0564. The Hall–Kier alpha value is -1.41. The zero-order chi connectivity index (χ0) is 38.3. The molecule has 292 valence electrons. The van der Waals surface area contributed by atoms with Crippen LogP contribution in [-0.4, -0.2) is 82.7 Å². The van der Waals surface area contributed by atoms with E-state index in [0.717, 1.165) is 32.1 Å². The van der Waals surface area contributed by atoms with E-state index in [1.807, 2.05) is 0 Å². The third kappa shape index (κ3) is 11.8. The summed E-state index contributed by atoms with van der Waals surface area (Å²) in [6.45, 7) is 21.1. The molecule has 1 fully saturated rings. The number of carbonyl (C=O) groups excluding carboxylic acids is 1. The van der Waals surface area contributed by atoms with Crippen molar-refractivity contribution in [2.24, 2.45) is 23.2 Å². The van der Waals surface area contributed by atoms with Crippen molar-refractivity contribution in [3.8, 4) is 0 Å². The summed E-state index contributed by atoms with van der Waals surface area (Å²) >= 11 is 0. The lowest BCUT2D eigenvalue weighted by Crippen LogP contribution is -2.46. The van der Waals surface area contributed by atoms with Gasteiger partial charge in [0.25, 0.3) is 0 Å².